The molecule has 7 nitrogen and oxygen atoms in total. The van der Waals surface area contributed by atoms with Gasteiger partial charge in [0, 0.05) is 43.3 Å². The van der Waals surface area contributed by atoms with E-state index in [0.29, 0.717) is 11.9 Å². The molecule has 0 atom stereocenters. The van der Waals surface area contributed by atoms with Crippen LogP contribution < -0.4 is 15.4 Å². The minimum absolute atomic E-state index is 0.144. The molecule has 2 rings (SSSR count). The Morgan fingerprint density at radius 2 is 2.10 bits per heavy atom. The third-order valence-corrected chi connectivity index (χ3v) is 4.42. The lowest BCUT2D eigenvalue weighted by molar-refractivity contribution is 0.581. The molecule has 1 aromatic carbocycles. The zero-order chi connectivity index (χ0) is 15.3. The second-order valence-electron chi connectivity index (χ2n) is 4.30. The third-order valence-electron chi connectivity index (χ3n) is 2.90. The summed E-state index contributed by atoms with van der Waals surface area (Å²) in [7, 11) is -1.99. The normalized spacial score (nSPS) is 11.3. The number of guanidine groups is 1. The molecule has 21 heavy (non-hydrogen) atoms. The maximum absolute atomic E-state index is 12.3. The minimum Gasteiger partial charge on any atom is -0.360 e. The van der Waals surface area contributed by atoms with E-state index in [1.807, 2.05) is 6.07 Å². The highest BCUT2D eigenvalue weighted by molar-refractivity contribution is 7.89. The second-order valence-corrected chi connectivity index (χ2v) is 6.04. The van der Waals surface area contributed by atoms with E-state index in [1.54, 1.807) is 37.6 Å². The van der Waals surface area contributed by atoms with Gasteiger partial charge in [-0.1, -0.05) is 12.1 Å². The molecule has 0 bridgehead atoms. The fourth-order valence-electron chi connectivity index (χ4n) is 1.87. The lowest BCUT2D eigenvalue weighted by atomic mass is 10.2. The SMILES string of the molecule is CNC(=N)NCCNS(=O)(=O)c1cccc2cnccc12. The maximum Gasteiger partial charge on any atom is 0.241 e. The molecule has 0 spiro atoms. The van der Waals surface area contributed by atoms with E-state index >= 15 is 0 Å². The van der Waals surface area contributed by atoms with Crippen LogP contribution in [0, 0.1) is 5.41 Å². The van der Waals surface area contributed by atoms with Gasteiger partial charge in [0.15, 0.2) is 5.96 Å². The molecule has 0 saturated heterocycles. The summed E-state index contributed by atoms with van der Waals surface area (Å²) in [6.45, 7) is 0.513. The summed E-state index contributed by atoms with van der Waals surface area (Å²) in [5.41, 5.74) is 0. The molecule has 1 heterocycles. The predicted molar refractivity (Wildman–Crippen MR) is 81.7 cm³/mol. The van der Waals surface area contributed by atoms with Crippen molar-refractivity contribution in [3.8, 4) is 0 Å². The molecule has 1 aromatic heterocycles. The van der Waals surface area contributed by atoms with E-state index in [9.17, 15) is 8.42 Å². The van der Waals surface area contributed by atoms with Gasteiger partial charge in [-0.3, -0.25) is 10.4 Å². The maximum atomic E-state index is 12.3. The molecule has 0 aliphatic rings. The van der Waals surface area contributed by atoms with Crippen molar-refractivity contribution in [3.05, 3.63) is 36.7 Å². The van der Waals surface area contributed by atoms with Gasteiger partial charge in [-0.25, -0.2) is 13.1 Å². The van der Waals surface area contributed by atoms with Crippen LogP contribution in [-0.4, -0.2) is 39.5 Å². The molecule has 2 aromatic rings. The average molecular weight is 307 g/mol. The smallest absolute Gasteiger partial charge is 0.241 e. The highest BCUT2D eigenvalue weighted by Gasteiger charge is 2.16. The number of fused-ring (bicyclic) bond motifs is 1. The Morgan fingerprint density at radius 3 is 2.86 bits per heavy atom. The zero-order valence-electron chi connectivity index (χ0n) is 11.6. The van der Waals surface area contributed by atoms with E-state index in [2.05, 4.69) is 20.3 Å². The second kappa shape index (κ2) is 6.51. The van der Waals surface area contributed by atoms with Crippen LogP contribution in [0.2, 0.25) is 0 Å². The van der Waals surface area contributed by atoms with E-state index in [0.717, 1.165) is 5.39 Å². The predicted octanol–water partition coefficient (Wildman–Crippen LogP) is 0.257. The number of benzene rings is 1. The molecule has 112 valence electrons. The van der Waals surface area contributed by atoms with Gasteiger partial charge in [-0.2, -0.15) is 0 Å². The van der Waals surface area contributed by atoms with Gasteiger partial charge in [0.05, 0.1) is 4.90 Å². The van der Waals surface area contributed by atoms with Gasteiger partial charge in [-0.15, -0.1) is 0 Å². The van der Waals surface area contributed by atoms with Gasteiger partial charge in [-0.05, 0) is 12.1 Å². The molecule has 0 amide bonds. The van der Waals surface area contributed by atoms with Crippen molar-refractivity contribution in [2.75, 3.05) is 20.1 Å². The average Bonchev–Trinajstić information content (AvgIpc) is 2.50. The largest absolute Gasteiger partial charge is 0.360 e. The molecular formula is C13H17N5O2S. The number of nitrogens with one attached hydrogen (secondary N) is 4. The molecule has 0 aliphatic heterocycles. The highest BCUT2D eigenvalue weighted by Crippen LogP contribution is 2.21. The standard InChI is InChI=1S/C13H17N5O2S/c1-15-13(14)17-7-8-18-21(19,20)12-4-2-3-10-9-16-6-5-11(10)12/h2-6,9,18H,7-8H2,1H3,(H3,14,15,17). The summed E-state index contributed by atoms with van der Waals surface area (Å²) < 4.78 is 27.2. The van der Waals surface area contributed by atoms with E-state index < -0.39 is 10.0 Å². The Hall–Kier alpha value is -2.19. The van der Waals surface area contributed by atoms with Crippen LogP contribution in [0.25, 0.3) is 10.8 Å². The number of pyridine rings is 1. The van der Waals surface area contributed by atoms with Crippen molar-refractivity contribution in [1.82, 2.24) is 20.3 Å². The minimum atomic E-state index is -3.60. The van der Waals surface area contributed by atoms with Crippen LogP contribution in [-0.2, 0) is 10.0 Å². The summed E-state index contributed by atoms with van der Waals surface area (Å²) in [4.78, 5) is 4.21. The van der Waals surface area contributed by atoms with Crippen molar-refractivity contribution >= 4 is 26.8 Å². The molecule has 4 N–H and O–H groups in total. The van der Waals surface area contributed by atoms with Crippen LogP contribution in [0.4, 0.5) is 0 Å². The third kappa shape index (κ3) is 3.67. The fraction of sp³-hybridized carbons (Fsp3) is 0.231. The molecule has 8 heteroatoms. The van der Waals surface area contributed by atoms with Gasteiger partial charge in [0.25, 0.3) is 0 Å². The first-order chi connectivity index (χ1) is 10.0. The van der Waals surface area contributed by atoms with Crippen LogP contribution >= 0.6 is 0 Å². The van der Waals surface area contributed by atoms with E-state index in [1.165, 1.54) is 0 Å². The fourth-order valence-corrected chi connectivity index (χ4v) is 3.13. The monoisotopic (exact) mass is 307 g/mol. The Balaban J connectivity index is 2.13. The molecule has 0 fully saturated rings. The first-order valence-corrected chi connectivity index (χ1v) is 7.85. The van der Waals surface area contributed by atoms with Crippen molar-refractivity contribution in [2.45, 2.75) is 4.90 Å². The Bertz CT molecular complexity index is 740. The summed E-state index contributed by atoms with van der Waals surface area (Å²) >= 11 is 0. The van der Waals surface area contributed by atoms with Crippen molar-refractivity contribution in [3.63, 3.8) is 0 Å². The number of sulfonamides is 1. The lowest BCUT2D eigenvalue weighted by Crippen LogP contribution is -2.39. The first-order valence-electron chi connectivity index (χ1n) is 6.37. The molecular weight excluding hydrogens is 290 g/mol. The number of aromatic nitrogens is 1. The Kier molecular flexibility index (Phi) is 4.71. The lowest BCUT2D eigenvalue weighted by Gasteiger charge is -2.10. The molecule has 0 radical (unpaired) electrons. The van der Waals surface area contributed by atoms with E-state index in [-0.39, 0.29) is 17.4 Å². The summed E-state index contributed by atoms with van der Waals surface area (Å²) in [6, 6.07) is 6.75. The highest BCUT2D eigenvalue weighted by atomic mass is 32.2. The Morgan fingerprint density at radius 1 is 1.29 bits per heavy atom. The van der Waals surface area contributed by atoms with Crippen LogP contribution in [0.15, 0.2) is 41.6 Å². The summed E-state index contributed by atoms with van der Waals surface area (Å²) in [6.07, 6.45) is 3.20. The number of rotatable bonds is 5. The van der Waals surface area contributed by atoms with Crippen molar-refractivity contribution < 1.29 is 8.42 Å². The van der Waals surface area contributed by atoms with Gasteiger partial charge in [0.1, 0.15) is 0 Å². The topological polar surface area (TPSA) is 107 Å². The Labute approximate surface area is 123 Å². The molecule has 0 aliphatic carbocycles. The van der Waals surface area contributed by atoms with Crippen LogP contribution in [0.1, 0.15) is 0 Å². The molecule has 0 saturated carbocycles. The summed E-state index contributed by atoms with van der Waals surface area (Å²) in [5, 5.41) is 14.1. The number of nitrogens with zero attached hydrogens (tertiary/aromatic N) is 1. The van der Waals surface area contributed by atoms with E-state index in [4.69, 9.17) is 5.41 Å². The van der Waals surface area contributed by atoms with Gasteiger partial charge >= 0.3 is 0 Å². The van der Waals surface area contributed by atoms with Gasteiger partial charge < -0.3 is 10.6 Å². The zero-order valence-corrected chi connectivity index (χ0v) is 12.4. The first kappa shape index (κ1) is 15.2. The quantitative estimate of drug-likeness (QED) is 0.360. The van der Waals surface area contributed by atoms with Crippen molar-refractivity contribution in [2.24, 2.45) is 0 Å². The molecule has 0 unspecified atom stereocenters. The number of hydrogen-bond donors (Lipinski definition) is 4. The number of hydrogen-bond acceptors (Lipinski definition) is 4. The summed E-state index contributed by atoms with van der Waals surface area (Å²) in [5.74, 6) is 0.144. The van der Waals surface area contributed by atoms with Crippen LogP contribution in [0.3, 0.4) is 0 Å². The van der Waals surface area contributed by atoms with Gasteiger partial charge in [0.2, 0.25) is 10.0 Å². The van der Waals surface area contributed by atoms with Crippen molar-refractivity contribution in [1.29, 1.82) is 5.41 Å². The van der Waals surface area contributed by atoms with Crippen LogP contribution in [0.5, 0.6) is 0 Å².